The molecule has 0 unspecified atom stereocenters. The van der Waals surface area contributed by atoms with Gasteiger partial charge in [-0.25, -0.2) is 9.36 Å². The number of carbonyl (C=O) groups is 1. The second-order valence-electron chi connectivity index (χ2n) is 6.45. The van der Waals surface area contributed by atoms with Crippen LogP contribution in [-0.2, 0) is 11.3 Å². The van der Waals surface area contributed by atoms with Crippen LogP contribution < -0.4 is 10.9 Å². The molecule has 1 amide bonds. The van der Waals surface area contributed by atoms with Gasteiger partial charge in [-0.1, -0.05) is 18.2 Å². The van der Waals surface area contributed by atoms with Crippen LogP contribution in [0, 0.1) is 13.8 Å². The maximum Gasteiger partial charge on any atom is 0.295 e. The van der Waals surface area contributed by atoms with Gasteiger partial charge in [-0.05, 0) is 38.8 Å². The molecule has 1 aliphatic carbocycles. The molecule has 1 aromatic carbocycles. The van der Waals surface area contributed by atoms with Crippen molar-refractivity contribution in [3.63, 3.8) is 0 Å². The lowest BCUT2D eigenvalue weighted by atomic mass is 10.2. The Bertz CT molecular complexity index is 1020. The molecule has 0 radical (unpaired) electrons. The zero-order valence-corrected chi connectivity index (χ0v) is 14.2. The predicted molar refractivity (Wildman–Crippen MR) is 93.8 cm³/mol. The molecule has 1 aliphatic rings. The van der Waals surface area contributed by atoms with Gasteiger partial charge in [0.25, 0.3) is 5.56 Å². The van der Waals surface area contributed by atoms with Gasteiger partial charge in [0.2, 0.25) is 5.91 Å². The lowest BCUT2D eigenvalue weighted by molar-refractivity contribution is -0.122. The Morgan fingerprint density at radius 2 is 1.92 bits per heavy atom. The van der Waals surface area contributed by atoms with Gasteiger partial charge >= 0.3 is 0 Å². The maximum atomic E-state index is 12.8. The summed E-state index contributed by atoms with van der Waals surface area (Å²) in [6, 6.07) is 9.90. The topological polar surface area (TPSA) is 81.8 Å². The number of fused-ring (bicyclic) bond motifs is 1. The molecule has 1 saturated carbocycles. The molecule has 0 saturated heterocycles. The van der Waals surface area contributed by atoms with Crippen molar-refractivity contribution in [1.82, 2.24) is 24.9 Å². The van der Waals surface area contributed by atoms with E-state index in [0.29, 0.717) is 11.2 Å². The van der Waals surface area contributed by atoms with Gasteiger partial charge in [0.05, 0.1) is 22.5 Å². The Kier molecular flexibility index (Phi) is 3.63. The molecule has 1 N–H and O–H groups in total. The van der Waals surface area contributed by atoms with Crippen LogP contribution in [0.25, 0.3) is 16.6 Å². The molecular formula is C18H19N5O2. The fourth-order valence-corrected chi connectivity index (χ4v) is 3.05. The van der Waals surface area contributed by atoms with E-state index in [4.69, 9.17) is 0 Å². The number of aryl methyl sites for hydroxylation is 2. The van der Waals surface area contributed by atoms with Crippen LogP contribution in [-0.4, -0.2) is 31.5 Å². The maximum absolute atomic E-state index is 12.8. The van der Waals surface area contributed by atoms with E-state index in [9.17, 15) is 9.59 Å². The minimum absolute atomic E-state index is 0.0800. The molecule has 128 valence electrons. The Morgan fingerprint density at radius 1 is 1.20 bits per heavy atom. The number of aromatic nitrogens is 4. The Morgan fingerprint density at radius 3 is 2.60 bits per heavy atom. The molecule has 25 heavy (non-hydrogen) atoms. The number of hydrogen-bond donors (Lipinski definition) is 1. The number of hydrogen-bond acceptors (Lipinski definition) is 4. The minimum Gasteiger partial charge on any atom is -0.352 e. The number of nitrogens with zero attached hydrogens (tertiary/aromatic N) is 4. The normalized spacial score (nSPS) is 14.0. The predicted octanol–water partition coefficient (Wildman–Crippen LogP) is 1.48. The van der Waals surface area contributed by atoms with Gasteiger partial charge in [-0.15, -0.1) is 0 Å². The third-order valence-electron chi connectivity index (χ3n) is 4.42. The summed E-state index contributed by atoms with van der Waals surface area (Å²) in [6.07, 6.45) is 2.01. The lowest BCUT2D eigenvalue weighted by Gasteiger charge is -2.07. The zero-order chi connectivity index (χ0) is 17.6. The van der Waals surface area contributed by atoms with E-state index in [0.717, 1.165) is 29.6 Å². The highest BCUT2D eigenvalue weighted by Gasteiger charge is 2.24. The molecular weight excluding hydrogens is 318 g/mol. The Balaban J connectivity index is 1.79. The number of carbonyl (C=O) groups excluding carboxylic acids is 1. The summed E-state index contributed by atoms with van der Waals surface area (Å²) < 4.78 is 2.95. The first-order chi connectivity index (χ1) is 12.0. The van der Waals surface area contributed by atoms with Crippen molar-refractivity contribution in [2.45, 2.75) is 39.3 Å². The van der Waals surface area contributed by atoms with E-state index in [1.807, 2.05) is 44.2 Å². The van der Waals surface area contributed by atoms with Gasteiger partial charge in [-0.3, -0.25) is 9.59 Å². The first-order valence-electron chi connectivity index (χ1n) is 8.36. The van der Waals surface area contributed by atoms with Gasteiger partial charge < -0.3 is 5.32 Å². The van der Waals surface area contributed by atoms with Crippen molar-refractivity contribution in [2.75, 3.05) is 0 Å². The third-order valence-corrected chi connectivity index (χ3v) is 4.42. The molecule has 4 rings (SSSR count). The second-order valence-corrected chi connectivity index (χ2v) is 6.45. The fraction of sp³-hybridized carbons (Fsp3) is 0.333. The van der Waals surface area contributed by atoms with Crippen LogP contribution in [0.15, 0.2) is 35.1 Å². The number of nitrogens with one attached hydrogen (secondary N) is 1. The lowest BCUT2D eigenvalue weighted by Crippen LogP contribution is -2.35. The van der Waals surface area contributed by atoms with Gasteiger partial charge in [0.1, 0.15) is 6.54 Å². The summed E-state index contributed by atoms with van der Waals surface area (Å²) in [5.74, 6) is -0.185. The molecule has 7 nitrogen and oxygen atoms in total. The SMILES string of the molecule is Cc1nn(CC(=O)NC2CC2)c(=O)c2nn(-c3ccccc3)c(C)c12. The smallest absolute Gasteiger partial charge is 0.295 e. The van der Waals surface area contributed by atoms with Crippen molar-refractivity contribution >= 4 is 16.8 Å². The summed E-state index contributed by atoms with van der Waals surface area (Å²) in [5, 5.41) is 12.4. The average molecular weight is 337 g/mol. The molecule has 3 aromatic rings. The summed E-state index contributed by atoms with van der Waals surface area (Å²) >= 11 is 0. The monoisotopic (exact) mass is 337 g/mol. The van der Waals surface area contributed by atoms with Gasteiger partial charge in [-0.2, -0.15) is 10.2 Å². The van der Waals surface area contributed by atoms with Gasteiger partial charge in [0, 0.05) is 6.04 Å². The van der Waals surface area contributed by atoms with Crippen LogP contribution >= 0.6 is 0 Å². The highest BCUT2D eigenvalue weighted by molar-refractivity contribution is 5.84. The van der Waals surface area contributed by atoms with Crippen molar-refractivity contribution in [3.05, 3.63) is 52.1 Å². The minimum atomic E-state index is -0.343. The highest BCUT2D eigenvalue weighted by Crippen LogP contribution is 2.21. The first-order valence-corrected chi connectivity index (χ1v) is 8.36. The summed E-state index contributed by atoms with van der Waals surface area (Å²) in [6.45, 7) is 3.67. The third kappa shape index (κ3) is 2.82. The standard InChI is InChI=1S/C18H19N5O2/c1-11-16-12(2)23(14-6-4-3-5-7-14)21-17(16)18(25)22(20-11)10-15(24)19-13-8-9-13/h3-7,13H,8-10H2,1-2H3,(H,19,24). The van der Waals surface area contributed by atoms with E-state index < -0.39 is 0 Å². The molecule has 1 fully saturated rings. The van der Waals surface area contributed by atoms with Crippen LogP contribution in [0.1, 0.15) is 24.2 Å². The molecule has 2 heterocycles. The summed E-state index contributed by atoms with van der Waals surface area (Å²) in [7, 11) is 0. The van der Waals surface area contributed by atoms with Crippen molar-refractivity contribution in [1.29, 1.82) is 0 Å². The highest BCUT2D eigenvalue weighted by atomic mass is 16.2. The van der Waals surface area contributed by atoms with E-state index in [1.165, 1.54) is 4.68 Å². The number of amides is 1. The largest absolute Gasteiger partial charge is 0.352 e. The van der Waals surface area contributed by atoms with Gasteiger partial charge in [0.15, 0.2) is 5.52 Å². The molecule has 0 aliphatic heterocycles. The number of benzene rings is 1. The number of rotatable bonds is 4. The zero-order valence-electron chi connectivity index (χ0n) is 14.2. The number of para-hydroxylation sites is 1. The van der Waals surface area contributed by atoms with E-state index >= 15 is 0 Å². The first kappa shape index (κ1) is 15.6. The average Bonchev–Trinajstić information content (AvgIpc) is 3.33. The van der Waals surface area contributed by atoms with Crippen LogP contribution in [0.5, 0.6) is 0 Å². The fourth-order valence-electron chi connectivity index (χ4n) is 3.05. The van der Waals surface area contributed by atoms with E-state index in [2.05, 4.69) is 15.5 Å². The summed E-state index contributed by atoms with van der Waals surface area (Å²) in [4.78, 5) is 24.8. The molecule has 2 aromatic heterocycles. The van der Waals surface area contributed by atoms with Crippen molar-refractivity contribution < 1.29 is 4.79 Å². The molecule has 0 bridgehead atoms. The summed E-state index contributed by atoms with van der Waals surface area (Å²) in [5.41, 5.74) is 2.43. The molecule has 7 heteroatoms. The van der Waals surface area contributed by atoms with Crippen LogP contribution in [0.3, 0.4) is 0 Å². The van der Waals surface area contributed by atoms with Crippen LogP contribution in [0.2, 0.25) is 0 Å². The molecule has 0 atom stereocenters. The van der Waals surface area contributed by atoms with Crippen LogP contribution in [0.4, 0.5) is 0 Å². The Hall–Kier alpha value is -2.96. The van der Waals surface area contributed by atoms with E-state index in [-0.39, 0.29) is 24.1 Å². The quantitative estimate of drug-likeness (QED) is 0.782. The second kappa shape index (κ2) is 5.84. The van der Waals surface area contributed by atoms with E-state index in [1.54, 1.807) is 4.68 Å². The Labute approximate surface area is 144 Å². The van der Waals surface area contributed by atoms with Crippen molar-refractivity contribution in [3.8, 4) is 5.69 Å². The van der Waals surface area contributed by atoms with Crippen molar-refractivity contribution in [2.24, 2.45) is 0 Å². The molecule has 0 spiro atoms.